The van der Waals surface area contributed by atoms with Crippen molar-refractivity contribution in [2.45, 2.75) is 17.6 Å². The number of hydrogen-bond acceptors (Lipinski definition) is 4. The minimum absolute atomic E-state index is 0.293. The second-order valence-corrected chi connectivity index (χ2v) is 7.51. The van der Waals surface area contributed by atoms with Crippen LogP contribution in [0.4, 0.5) is 5.69 Å². The minimum atomic E-state index is -3.57. The van der Waals surface area contributed by atoms with E-state index in [1.807, 2.05) is 13.0 Å². The lowest BCUT2D eigenvalue weighted by atomic mass is 10.3. The largest absolute Gasteiger partial charge is 0.495 e. The van der Waals surface area contributed by atoms with Gasteiger partial charge in [0.15, 0.2) is 0 Å². The van der Waals surface area contributed by atoms with Crippen LogP contribution in [0.2, 0.25) is 5.02 Å². The van der Waals surface area contributed by atoms with E-state index in [0.29, 0.717) is 20.7 Å². The van der Waals surface area contributed by atoms with Crippen LogP contribution in [0.1, 0.15) is 11.8 Å². The van der Waals surface area contributed by atoms with E-state index >= 15 is 0 Å². The predicted molar refractivity (Wildman–Crippen MR) is 82.5 cm³/mol. The highest BCUT2D eigenvalue weighted by Crippen LogP contribution is 2.29. The van der Waals surface area contributed by atoms with Crippen LogP contribution in [0.25, 0.3) is 0 Å². The molecule has 0 amide bonds. The highest BCUT2D eigenvalue weighted by atomic mass is 35.5. The first-order chi connectivity index (χ1) is 9.46. The van der Waals surface area contributed by atoms with Crippen molar-refractivity contribution in [3.8, 4) is 5.75 Å². The fourth-order valence-electron chi connectivity index (χ4n) is 1.63. The Bertz CT molecular complexity index is 710. The molecule has 7 heteroatoms. The molecule has 2 rings (SSSR count). The van der Waals surface area contributed by atoms with Gasteiger partial charge in [0, 0.05) is 4.88 Å². The summed E-state index contributed by atoms with van der Waals surface area (Å²) >= 11 is 7.24. The number of aryl methyl sites for hydroxylation is 1. The maximum absolute atomic E-state index is 12.2. The Balaban J connectivity index is 2.26. The van der Waals surface area contributed by atoms with Gasteiger partial charge in [0.1, 0.15) is 9.96 Å². The van der Waals surface area contributed by atoms with Crippen molar-refractivity contribution in [2.24, 2.45) is 0 Å². The summed E-state index contributed by atoms with van der Waals surface area (Å²) in [5.41, 5.74) is 0.405. The van der Waals surface area contributed by atoms with Crippen LogP contribution in [-0.2, 0) is 16.4 Å². The summed E-state index contributed by atoms with van der Waals surface area (Å²) in [6.45, 7) is 1.99. The van der Waals surface area contributed by atoms with Crippen molar-refractivity contribution in [1.29, 1.82) is 0 Å². The highest BCUT2D eigenvalue weighted by Gasteiger charge is 2.17. The Morgan fingerprint density at radius 2 is 2.05 bits per heavy atom. The lowest BCUT2D eigenvalue weighted by molar-refractivity contribution is 0.415. The Morgan fingerprint density at radius 3 is 2.60 bits per heavy atom. The molecule has 1 heterocycles. The molecule has 108 valence electrons. The Hall–Kier alpha value is -1.24. The number of benzene rings is 1. The van der Waals surface area contributed by atoms with Crippen LogP contribution in [0.5, 0.6) is 5.75 Å². The molecule has 1 aromatic heterocycles. The molecule has 1 aromatic carbocycles. The number of hydrogen-bond donors (Lipinski definition) is 1. The molecule has 0 unspecified atom stereocenters. The third-order valence-electron chi connectivity index (χ3n) is 2.65. The number of anilines is 1. The molecule has 0 saturated heterocycles. The third-order valence-corrected chi connectivity index (χ3v) is 6.05. The fourth-order valence-corrected chi connectivity index (χ4v) is 4.23. The van der Waals surface area contributed by atoms with Crippen molar-refractivity contribution < 1.29 is 13.2 Å². The molecule has 1 N–H and O–H groups in total. The molecule has 0 aliphatic heterocycles. The van der Waals surface area contributed by atoms with Gasteiger partial charge in [0.05, 0.1) is 17.8 Å². The van der Waals surface area contributed by atoms with Crippen molar-refractivity contribution in [2.75, 3.05) is 11.8 Å². The smallest absolute Gasteiger partial charge is 0.271 e. The van der Waals surface area contributed by atoms with Crippen molar-refractivity contribution in [3.63, 3.8) is 0 Å². The van der Waals surface area contributed by atoms with Gasteiger partial charge in [-0.3, -0.25) is 4.72 Å². The zero-order valence-electron chi connectivity index (χ0n) is 11.0. The highest BCUT2D eigenvalue weighted by molar-refractivity contribution is 7.94. The lowest BCUT2D eigenvalue weighted by Gasteiger charge is -2.08. The summed E-state index contributed by atoms with van der Waals surface area (Å²) in [5.74, 6) is 0.499. The van der Waals surface area contributed by atoms with Crippen molar-refractivity contribution >= 4 is 38.6 Å². The van der Waals surface area contributed by atoms with Gasteiger partial charge in [0.25, 0.3) is 10.0 Å². The Morgan fingerprint density at radius 1 is 1.30 bits per heavy atom. The number of sulfonamides is 1. The van der Waals surface area contributed by atoms with Crippen LogP contribution in [0.15, 0.2) is 34.5 Å². The summed E-state index contributed by atoms with van der Waals surface area (Å²) in [7, 11) is -2.07. The molecule has 0 atom stereocenters. The zero-order chi connectivity index (χ0) is 14.8. The predicted octanol–water partition coefficient (Wildman–Crippen LogP) is 3.77. The first kappa shape index (κ1) is 15.2. The number of halogens is 1. The average molecular weight is 332 g/mol. The quantitative estimate of drug-likeness (QED) is 0.907. The van der Waals surface area contributed by atoms with E-state index in [1.165, 1.54) is 24.5 Å². The molecular formula is C13H14ClNO3S2. The van der Waals surface area contributed by atoms with Crippen LogP contribution in [0.3, 0.4) is 0 Å². The minimum Gasteiger partial charge on any atom is -0.495 e. The SMILES string of the molecule is CCc1ccc(S(=O)(=O)Nc2ccc(OC)c(Cl)c2)s1. The summed E-state index contributed by atoms with van der Waals surface area (Å²) in [6.07, 6.45) is 0.814. The van der Waals surface area contributed by atoms with Crippen LogP contribution < -0.4 is 9.46 Å². The van der Waals surface area contributed by atoms with Gasteiger partial charge in [-0.1, -0.05) is 18.5 Å². The van der Waals surface area contributed by atoms with E-state index in [4.69, 9.17) is 16.3 Å². The molecule has 0 fully saturated rings. The number of thiophene rings is 1. The van der Waals surface area contributed by atoms with Crippen LogP contribution in [0, 0.1) is 0 Å². The molecule has 2 aromatic rings. The van der Waals surface area contributed by atoms with Crippen LogP contribution >= 0.6 is 22.9 Å². The standard InChI is InChI=1S/C13H14ClNO3S2/c1-3-10-5-7-13(19-10)20(16,17)15-9-4-6-12(18-2)11(14)8-9/h4-8,15H,3H2,1-2H3. The van der Waals surface area contributed by atoms with E-state index < -0.39 is 10.0 Å². The van der Waals surface area contributed by atoms with E-state index in [0.717, 1.165) is 11.3 Å². The van der Waals surface area contributed by atoms with E-state index in [1.54, 1.807) is 18.2 Å². The Labute approximate surface area is 127 Å². The van der Waals surface area contributed by atoms with Crippen molar-refractivity contribution in [3.05, 3.63) is 40.2 Å². The van der Waals surface area contributed by atoms with Crippen LogP contribution in [-0.4, -0.2) is 15.5 Å². The zero-order valence-corrected chi connectivity index (χ0v) is 13.4. The molecule has 0 aliphatic carbocycles. The molecule has 0 radical (unpaired) electrons. The van der Waals surface area contributed by atoms with Crippen molar-refractivity contribution in [1.82, 2.24) is 0 Å². The number of nitrogens with one attached hydrogen (secondary N) is 1. The van der Waals surface area contributed by atoms with Gasteiger partial charge in [0.2, 0.25) is 0 Å². The number of ether oxygens (including phenoxy) is 1. The van der Waals surface area contributed by atoms with Gasteiger partial charge < -0.3 is 4.74 Å². The van der Waals surface area contributed by atoms with E-state index in [9.17, 15) is 8.42 Å². The third kappa shape index (κ3) is 3.26. The van der Waals surface area contributed by atoms with E-state index in [-0.39, 0.29) is 0 Å². The van der Waals surface area contributed by atoms with Gasteiger partial charge >= 0.3 is 0 Å². The summed E-state index contributed by atoms with van der Waals surface area (Å²) in [6, 6.07) is 8.17. The number of methoxy groups -OCH3 is 1. The molecule has 0 spiro atoms. The maximum Gasteiger partial charge on any atom is 0.271 e. The maximum atomic E-state index is 12.2. The first-order valence-corrected chi connectivity index (χ1v) is 8.59. The molecule has 20 heavy (non-hydrogen) atoms. The first-order valence-electron chi connectivity index (χ1n) is 5.91. The Kier molecular flexibility index (Phi) is 4.57. The average Bonchev–Trinajstić information content (AvgIpc) is 2.88. The summed E-state index contributed by atoms with van der Waals surface area (Å²) in [4.78, 5) is 1.03. The molecular weight excluding hydrogens is 318 g/mol. The van der Waals surface area contributed by atoms with Gasteiger partial charge in [-0.25, -0.2) is 8.42 Å². The van der Waals surface area contributed by atoms with Gasteiger partial charge in [-0.2, -0.15) is 0 Å². The normalized spacial score (nSPS) is 11.3. The number of rotatable bonds is 5. The lowest BCUT2D eigenvalue weighted by Crippen LogP contribution is -2.11. The van der Waals surface area contributed by atoms with Gasteiger partial charge in [-0.15, -0.1) is 11.3 Å². The van der Waals surface area contributed by atoms with Gasteiger partial charge in [-0.05, 0) is 36.8 Å². The second kappa shape index (κ2) is 6.03. The molecule has 0 aliphatic rings. The topological polar surface area (TPSA) is 55.4 Å². The second-order valence-electron chi connectivity index (χ2n) is 4.03. The molecule has 0 bridgehead atoms. The summed E-state index contributed by atoms with van der Waals surface area (Å²) < 4.78 is 32.3. The summed E-state index contributed by atoms with van der Waals surface area (Å²) in [5, 5.41) is 0.355. The van der Waals surface area contributed by atoms with E-state index in [2.05, 4.69) is 4.72 Å². The monoisotopic (exact) mass is 331 g/mol. The molecule has 0 saturated carbocycles. The fraction of sp³-hybridized carbons (Fsp3) is 0.231. The molecule has 4 nitrogen and oxygen atoms in total.